The van der Waals surface area contributed by atoms with Crippen LogP contribution in [0.3, 0.4) is 0 Å². The number of carbonyl (C=O) groups is 2. The smallest absolute Gasteiger partial charge is 0.335 e. The average molecular weight is 260 g/mol. The van der Waals surface area contributed by atoms with Gasteiger partial charge < -0.3 is 10.2 Å². The number of hydrogen-bond acceptors (Lipinski definition) is 4. The zero-order valence-electron chi connectivity index (χ0n) is 8.32. The lowest BCUT2D eigenvalue weighted by Crippen LogP contribution is -2.07. The van der Waals surface area contributed by atoms with E-state index in [-0.39, 0.29) is 16.7 Å². The van der Waals surface area contributed by atoms with Crippen LogP contribution in [0.25, 0.3) is 0 Å². The minimum atomic E-state index is -4.35. The average Bonchev–Trinajstić information content (AvgIpc) is 2.14. The molecule has 0 heterocycles. The summed E-state index contributed by atoms with van der Waals surface area (Å²) in [7, 11) is -4.35. The predicted molar refractivity (Wildman–Crippen MR) is 55.6 cm³/mol. The molecule has 0 bridgehead atoms. The zero-order chi connectivity index (χ0) is 13.2. The van der Waals surface area contributed by atoms with E-state index in [2.05, 4.69) is 0 Å². The van der Waals surface area contributed by atoms with Crippen LogP contribution in [0, 0.1) is 0 Å². The maximum atomic E-state index is 10.7. The van der Waals surface area contributed by atoms with Crippen molar-refractivity contribution in [3.63, 3.8) is 0 Å². The van der Waals surface area contributed by atoms with Crippen molar-refractivity contribution >= 4 is 22.1 Å². The van der Waals surface area contributed by atoms with Crippen LogP contribution in [0.1, 0.15) is 26.3 Å². The SMILES string of the molecule is O=C(O)c1cc(CS(=O)(=O)O)cc(C(=O)O)c1. The Morgan fingerprint density at radius 2 is 1.41 bits per heavy atom. The third kappa shape index (κ3) is 3.85. The van der Waals surface area contributed by atoms with E-state index in [0.29, 0.717) is 0 Å². The summed E-state index contributed by atoms with van der Waals surface area (Å²) >= 11 is 0. The molecular formula is C9H8O7S. The van der Waals surface area contributed by atoms with Gasteiger partial charge in [-0.05, 0) is 23.8 Å². The van der Waals surface area contributed by atoms with E-state index in [9.17, 15) is 18.0 Å². The number of rotatable bonds is 4. The van der Waals surface area contributed by atoms with E-state index in [4.69, 9.17) is 14.8 Å². The normalized spacial score (nSPS) is 11.1. The van der Waals surface area contributed by atoms with Crippen LogP contribution >= 0.6 is 0 Å². The molecule has 17 heavy (non-hydrogen) atoms. The van der Waals surface area contributed by atoms with Gasteiger partial charge in [-0.1, -0.05) is 0 Å². The van der Waals surface area contributed by atoms with Crippen LogP contribution in [0.4, 0.5) is 0 Å². The molecule has 0 saturated carbocycles. The number of aromatic carboxylic acids is 2. The maximum Gasteiger partial charge on any atom is 0.335 e. The fourth-order valence-corrected chi connectivity index (χ4v) is 1.82. The highest BCUT2D eigenvalue weighted by atomic mass is 32.2. The molecule has 3 N–H and O–H groups in total. The molecule has 1 aromatic carbocycles. The van der Waals surface area contributed by atoms with E-state index in [1.165, 1.54) is 0 Å². The van der Waals surface area contributed by atoms with E-state index >= 15 is 0 Å². The van der Waals surface area contributed by atoms with Crippen molar-refractivity contribution in [3.05, 3.63) is 34.9 Å². The molecule has 1 aromatic rings. The van der Waals surface area contributed by atoms with Crippen LogP contribution in [-0.2, 0) is 15.9 Å². The largest absolute Gasteiger partial charge is 0.478 e. The Balaban J connectivity index is 3.31. The van der Waals surface area contributed by atoms with Crippen LogP contribution in [0.15, 0.2) is 18.2 Å². The summed E-state index contributed by atoms with van der Waals surface area (Å²) in [6.07, 6.45) is 0. The van der Waals surface area contributed by atoms with Crippen molar-refractivity contribution in [1.82, 2.24) is 0 Å². The maximum absolute atomic E-state index is 10.7. The summed E-state index contributed by atoms with van der Waals surface area (Å²) in [5.74, 6) is -3.61. The molecule has 0 amide bonds. The highest BCUT2D eigenvalue weighted by Crippen LogP contribution is 2.13. The van der Waals surface area contributed by atoms with Gasteiger partial charge in [0.1, 0.15) is 5.75 Å². The van der Waals surface area contributed by atoms with Crippen LogP contribution < -0.4 is 0 Å². The van der Waals surface area contributed by atoms with E-state index in [1.54, 1.807) is 0 Å². The molecule has 0 aliphatic rings. The van der Waals surface area contributed by atoms with Gasteiger partial charge in [-0.2, -0.15) is 8.42 Å². The first-order chi connectivity index (χ1) is 7.69. The van der Waals surface area contributed by atoms with Gasteiger partial charge in [0.2, 0.25) is 0 Å². The monoisotopic (exact) mass is 260 g/mol. The summed E-state index contributed by atoms with van der Waals surface area (Å²) < 4.78 is 29.9. The van der Waals surface area contributed by atoms with Gasteiger partial charge in [-0.3, -0.25) is 4.55 Å². The van der Waals surface area contributed by atoms with Gasteiger partial charge in [0.15, 0.2) is 0 Å². The minimum Gasteiger partial charge on any atom is -0.478 e. The third-order valence-electron chi connectivity index (χ3n) is 1.84. The summed E-state index contributed by atoms with van der Waals surface area (Å²) in [6, 6.07) is 2.88. The highest BCUT2D eigenvalue weighted by Gasteiger charge is 2.14. The van der Waals surface area contributed by atoms with Crippen molar-refractivity contribution in [2.75, 3.05) is 0 Å². The molecule has 0 aromatic heterocycles. The Bertz CT molecular complexity index is 541. The number of hydrogen-bond donors (Lipinski definition) is 3. The standard InChI is InChI=1S/C9H8O7S/c10-8(11)6-1-5(4-17(14,15)16)2-7(3-6)9(12)13/h1-3H,4H2,(H,10,11)(H,12,13)(H,14,15,16). The van der Waals surface area contributed by atoms with Crippen molar-refractivity contribution in [1.29, 1.82) is 0 Å². The van der Waals surface area contributed by atoms with Crippen molar-refractivity contribution in [3.8, 4) is 0 Å². The number of benzene rings is 1. The number of carboxylic acid groups (broad SMARTS) is 2. The lowest BCUT2D eigenvalue weighted by Gasteiger charge is -2.03. The molecule has 0 radical (unpaired) electrons. The van der Waals surface area contributed by atoms with Crippen LogP contribution in [-0.4, -0.2) is 35.1 Å². The van der Waals surface area contributed by atoms with Crippen molar-refractivity contribution in [2.24, 2.45) is 0 Å². The van der Waals surface area contributed by atoms with Crippen molar-refractivity contribution in [2.45, 2.75) is 5.75 Å². The van der Waals surface area contributed by atoms with Gasteiger partial charge in [0.05, 0.1) is 11.1 Å². The van der Waals surface area contributed by atoms with E-state index in [1.807, 2.05) is 0 Å². The molecule has 0 fully saturated rings. The van der Waals surface area contributed by atoms with Gasteiger partial charge >= 0.3 is 11.9 Å². The molecule has 8 heteroatoms. The quantitative estimate of drug-likeness (QED) is 0.671. The van der Waals surface area contributed by atoms with Gasteiger partial charge in [-0.25, -0.2) is 9.59 Å². The zero-order valence-corrected chi connectivity index (χ0v) is 9.14. The Morgan fingerprint density at radius 1 is 1.00 bits per heavy atom. The minimum absolute atomic E-state index is 0.107. The molecule has 0 saturated heterocycles. The Morgan fingerprint density at radius 3 is 1.71 bits per heavy atom. The Kier molecular flexibility index (Phi) is 3.49. The molecule has 0 aliphatic carbocycles. The highest BCUT2D eigenvalue weighted by molar-refractivity contribution is 7.85. The molecule has 7 nitrogen and oxygen atoms in total. The molecule has 0 atom stereocenters. The molecule has 0 unspecified atom stereocenters. The lowest BCUT2D eigenvalue weighted by molar-refractivity contribution is 0.0696. The van der Waals surface area contributed by atoms with Gasteiger partial charge in [0, 0.05) is 0 Å². The first-order valence-corrected chi connectivity index (χ1v) is 5.85. The number of carboxylic acids is 2. The summed E-state index contributed by atoms with van der Waals surface area (Å²) in [5, 5.41) is 17.4. The van der Waals surface area contributed by atoms with Gasteiger partial charge in [0.25, 0.3) is 10.1 Å². The first-order valence-electron chi connectivity index (χ1n) is 4.25. The Labute approximate surface area is 96.1 Å². The molecule has 1 rings (SSSR count). The summed E-state index contributed by atoms with van der Waals surface area (Å²) in [5.41, 5.74) is -0.822. The third-order valence-corrected chi connectivity index (χ3v) is 2.53. The fourth-order valence-electron chi connectivity index (χ4n) is 1.23. The van der Waals surface area contributed by atoms with Crippen molar-refractivity contribution < 1.29 is 32.8 Å². The second-order valence-corrected chi connectivity index (χ2v) is 4.71. The van der Waals surface area contributed by atoms with E-state index < -0.39 is 27.8 Å². The molecular weight excluding hydrogens is 252 g/mol. The van der Waals surface area contributed by atoms with Gasteiger partial charge in [-0.15, -0.1) is 0 Å². The second-order valence-electron chi connectivity index (χ2n) is 3.26. The van der Waals surface area contributed by atoms with E-state index in [0.717, 1.165) is 18.2 Å². The summed E-state index contributed by atoms with van der Waals surface area (Å²) in [6.45, 7) is 0. The predicted octanol–water partition coefficient (Wildman–Crippen LogP) is 0.471. The molecule has 92 valence electrons. The lowest BCUT2D eigenvalue weighted by atomic mass is 10.1. The molecule has 0 aliphatic heterocycles. The van der Waals surface area contributed by atoms with Crippen LogP contribution in [0.2, 0.25) is 0 Å². The Hall–Kier alpha value is -1.93. The topological polar surface area (TPSA) is 129 Å². The fraction of sp³-hybridized carbons (Fsp3) is 0.111. The first kappa shape index (κ1) is 13.1. The summed E-state index contributed by atoms with van der Waals surface area (Å²) in [4.78, 5) is 21.4. The molecule has 0 spiro atoms. The second kappa shape index (κ2) is 4.52. The van der Waals surface area contributed by atoms with Crippen LogP contribution in [0.5, 0.6) is 0 Å².